The summed E-state index contributed by atoms with van der Waals surface area (Å²) in [6, 6.07) is 9.90. The highest BCUT2D eigenvalue weighted by Gasteiger charge is 2.42. The van der Waals surface area contributed by atoms with Crippen LogP contribution in [0, 0.1) is 5.41 Å². The van der Waals surface area contributed by atoms with Crippen molar-refractivity contribution < 1.29 is 14.3 Å². The second-order valence-electron chi connectivity index (χ2n) is 7.43. The van der Waals surface area contributed by atoms with Crippen LogP contribution in [0.25, 0.3) is 11.3 Å². The third-order valence-corrected chi connectivity index (χ3v) is 5.64. The standard InChI is InChI=1S/C21H28N4O3/c1-3-15-5-7-16(8-6-15)17-13-18(24-23-17)19(26)25-11-4-9-21(14-25,20(22)27)10-12-28-2/h5-8,13H,3-4,9-12,14H2,1-2H3,(H2,22,27)(H,23,24). The minimum atomic E-state index is -0.733. The first kappa shape index (κ1) is 20.1. The molecule has 1 aromatic heterocycles. The van der Waals surface area contributed by atoms with E-state index in [-0.39, 0.29) is 11.8 Å². The number of H-pyrrole nitrogens is 1. The van der Waals surface area contributed by atoms with Crippen molar-refractivity contribution in [3.8, 4) is 11.3 Å². The van der Waals surface area contributed by atoms with Crippen LogP contribution in [-0.4, -0.2) is 53.7 Å². The number of benzene rings is 1. The minimum Gasteiger partial charge on any atom is -0.385 e. The van der Waals surface area contributed by atoms with E-state index in [4.69, 9.17) is 10.5 Å². The fourth-order valence-corrected chi connectivity index (χ4v) is 3.79. The molecule has 2 heterocycles. The number of methoxy groups -OCH3 is 1. The van der Waals surface area contributed by atoms with Crippen molar-refractivity contribution in [2.24, 2.45) is 11.1 Å². The van der Waals surface area contributed by atoms with E-state index in [1.807, 2.05) is 12.1 Å². The van der Waals surface area contributed by atoms with Crippen molar-refractivity contribution in [2.45, 2.75) is 32.6 Å². The number of amides is 2. The number of nitrogens with zero attached hydrogens (tertiary/aromatic N) is 2. The number of piperidine rings is 1. The molecule has 0 spiro atoms. The van der Waals surface area contributed by atoms with Crippen LogP contribution < -0.4 is 5.73 Å². The van der Waals surface area contributed by atoms with Gasteiger partial charge in [-0.1, -0.05) is 31.2 Å². The highest BCUT2D eigenvalue weighted by Crippen LogP contribution is 2.34. The van der Waals surface area contributed by atoms with E-state index in [2.05, 4.69) is 29.3 Å². The molecule has 0 bridgehead atoms. The monoisotopic (exact) mass is 384 g/mol. The number of rotatable bonds is 7. The van der Waals surface area contributed by atoms with Crippen LogP contribution in [-0.2, 0) is 16.0 Å². The Kier molecular flexibility index (Phi) is 6.14. The Morgan fingerprint density at radius 2 is 2.07 bits per heavy atom. The lowest BCUT2D eigenvalue weighted by Gasteiger charge is -2.40. The number of hydrogen-bond acceptors (Lipinski definition) is 4. The Morgan fingerprint density at radius 3 is 2.71 bits per heavy atom. The van der Waals surface area contributed by atoms with Gasteiger partial charge in [-0.15, -0.1) is 0 Å². The van der Waals surface area contributed by atoms with E-state index in [9.17, 15) is 9.59 Å². The van der Waals surface area contributed by atoms with E-state index >= 15 is 0 Å². The molecular weight excluding hydrogens is 356 g/mol. The Hall–Kier alpha value is -2.67. The zero-order chi connectivity index (χ0) is 20.1. The van der Waals surface area contributed by atoms with E-state index in [1.165, 1.54) is 5.56 Å². The fraction of sp³-hybridized carbons (Fsp3) is 0.476. The Labute approximate surface area is 165 Å². The number of aromatic nitrogens is 2. The molecule has 150 valence electrons. The van der Waals surface area contributed by atoms with Gasteiger partial charge in [0.15, 0.2) is 0 Å². The number of aromatic amines is 1. The first-order chi connectivity index (χ1) is 13.5. The Bertz CT molecular complexity index is 830. The molecule has 2 aromatic rings. The molecule has 28 heavy (non-hydrogen) atoms. The number of aryl methyl sites for hydroxylation is 1. The summed E-state index contributed by atoms with van der Waals surface area (Å²) in [5, 5.41) is 7.14. The van der Waals surface area contributed by atoms with Gasteiger partial charge in [-0.25, -0.2) is 0 Å². The second kappa shape index (κ2) is 8.56. The lowest BCUT2D eigenvalue weighted by atomic mass is 9.76. The van der Waals surface area contributed by atoms with Gasteiger partial charge in [-0.05, 0) is 37.3 Å². The van der Waals surface area contributed by atoms with Crippen LogP contribution in [0.4, 0.5) is 0 Å². The van der Waals surface area contributed by atoms with Crippen molar-refractivity contribution in [3.05, 3.63) is 41.6 Å². The van der Waals surface area contributed by atoms with Crippen LogP contribution in [0.15, 0.2) is 30.3 Å². The predicted octanol–water partition coefficient (Wildman–Crippen LogP) is 2.38. The van der Waals surface area contributed by atoms with Crippen molar-refractivity contribution in [3.63, 3.8) is 0 Å². The number of primary amides is 1. The molecule has 1 atom stereocenters. The normalized spacial score (nSPS) is 19.6. The predicted molar refractivity (Wildman–Crippen MR) is 107 cm³/mol. The molecule has 1 fully saturated rings. The molecule has 1 aromatic carbocycles. The van der Waals surface area contributed by atoms with Crippen LogP contribution in [0.1, 0.15) is 42.2 Å². The van der Waals surface area contributed by atoms with Gasteiger partial charge in [0, 0.05) is 32.4 Å². The van der Waals surface area contributed by atoms with Crippen molar-refractivity contribution in [2.75, 3.05) is 26.8 Å². The van der Waals surface area contributed by atoms with Gasteiger partial charge in [-0.3, -0.25) is 14.7 Å². The summed E-state index contributed by atoms with van der Waals surface area (Å²) in [5.74, 6) is -0.532. The summed E-state index contributed by atoms with van der Waals surface area (Å²) in [6.45, 7) is 3.45. The number of likely N-dealkylation sites (tertiary alicyclic amines) is 1. The smallest absolute Gasteiger partial charge is 0.271 e. The van der Waals surface area contributed by atoms with Gasteiger partial charge in [-0.2, -0.15) is 5.10 Å². The van der Waals surface area contributed by atoms with Gasteiger partial charge in [0.25, 0.3) is 5.91 Å². The van der Waals surface area contributed by atoms with Crippen molar-refractivity contribution in [1.82, 2.24) is 15.1 Å². The number of nitrogens with one attached hydrogen (secondary N) is 1. The molecule has 1 saturated heterocycles. The van der Waals surface area contributed by atoms with E-state index in [0.717, 1.165) is 24.1 Å². The lowest BCUT2D eigenvalue weighted by molar-refractivity contribution is -0.131. The van der Waals surface area contributed by atoms with Gasteiger partial charge < -0.3 is 15.4 Å². The quantitative estimate of drug-likeness (QED) is 0.765. The fourth-order valence-electron chi connectivity index (χ4n) is 3.79. The maximum atomic E-state index is 13.0. The Balaban J connectivity index is 1.76. The zero-order valence-corrected chi connectivity index (χ0v) is 16.5. The summed E-state index contributed by atoms with van der Waals surface area (Å²) < 4.78 is 5.14. The molecule has 1 aliphatic heterocycles. The third-order valence-electron chi connectivity index (χ3n) is 5.64. The molecular formula is C21H28N4O3. The van der Waals surface area contributed by atoms with E-state index in [0.29, 0.717) is 38.2 Å². The van der Waals surface area contributed by atoms with Gasteiger partial charge >= 0.3 is 0 Å². The SMILES string of the molecule is CCc1ccc(-c2cc(C(=O)N3CCCC(CCOC)(C(N)=O)C3)[nH]n2)cc1. The number of nitrogens with two attached hydrogens (primary N) is 1. The van der Waals surface area contributed by atoms with Crippen LogP contribution in [0.3, 0.4) is 0 Å². The number of carbonyl (C=O) groups excluding carboxylic acids is 2. The van der Waals surface area contributed by atoms with Gasteiger partial charge in [0.05, 0.1) is 11.1 Å². The zero-order valence-electron chi connectivity index (χ0n) is 16.5. The molecule has 1 unspecified atom stereocenters. The molecule has 7 nitrogen and oxygen atoms in total. The second-order valence-corrected chi connectivity index (χ2v) is 7.43. The molecule has 0 saturated carbocycles. The van der Waals surface area contributed by atoms with E-state index in [1.54, 1.807) is 18.1 Å². The average molecular weight is 384 g/mol. The van der Waals surface area contributed by atoms with E-state index < -0.39 is 5.41 Å². The number of ether oxygens (including phenoxy) is 1. The van der Waals surface area contributed by atoms with Crippen LogP contribution in [0.2, 0.25) is 0 Å². The Morgan fingerprint density at radius 1 is 1.32 bits per heavy atom. The summed E-state index contributed by atoms with van der Waals surface area (Å²) >= 11 is 0. The summed E-state index contributed by atoms with van der Waals surface area (Å²) in [5.41, 5.74) is 8.31. The average Bonchev–Trinajstić information content (AvgIpc) is 3.22. The summed E-state index contributed by atoms with van der Waals surface area (Å²) in [6.07, 6.45) is 2.90. The number of carbonyl (C=O) groups is 2. The molecule has 3 rings (SSSR count). The maximum Gasteiger partial charge on any atom is 0.271 e. The topological polar surface area (TPSA) is 101 Å². The first-order valence-corrected chi connectivity index (χ1v) is 9.72. The lowest BCUT2D eigenvalue weighted by Crippen LogP contribution is -2.52. The third kappa shape index (κ3) is 4.09. The molecule has 3 N–H and O–H groups in total. The van der Waals surface area contributed by atoms with Crippen LogP contribution >= 0.6 is 0 Å². The van der Waals surface area contributed by atoms with Gasteiger partial charge in [0.2, 0.25) is 5.91 Å². The summed E-state index contributed by atoms with van der Waals surface area (Å²) in [4.78, 5) is 26.8. The largest absolute Gasteiger partial charge is 0.385 e. The van der Waals surface area contributed by atoms with Crippen molar-refractivity contribution in [1.29, 1.82) is 0 Å². The van der Waals surface area contributed by atoms with Crippen LogP contribution in [0.5, 0.6) is 0 Å². The minimum absolute atomic E-state index is 0.160. The number of hydrogen-bond donors (Lipinski definition) is 2. The molecule has 0 radical (unpaired) electrons. The highest BCUT2D eigenvalue weighted by atomic mass is 16.5. The molecule has 1 aliphatic rings. The van der Waals surface area contributed by atoms with Crippen molar-refractivity contribution >= 4 is 11.8 Å². The van der Waals surface area contributed by atoms with Gasteiger partial charge in [0.1, 0.15) is 5.69 Å². The molecule has 0 aliphatic carbocycles. The first-order valence-electron chi connectivity index (χ1n) is 9.72. The molecule has 7 heteroatoms. The summed E-state index contributed by atoms with van der Waals surface area (Å²) in [7, 11) is 1.60. The maximum absolute atomic E-state index is 13.0. The molecule has 2 amide bonds. The highest BCUT2D eigenvalue weighted by molar-refractivity contribution is 5.94.